The van der Waals surface area contributed by atoms with Gasteiger partial charge in [0, 0.05) is 11.9 Å². The van der Waals surface area contributed by atoms with Gasteiger partial charge in [-0.05, 0) is 36.8 Å². The first-order chi connectivity index (χ1) is 7.65. The first-order valence-corrected chi connectivity index (χ1v) is 5.17. The summed E-state index contributed by atoms with van der Waals surface area (Å²) in [5.74, 6) is 1.23. The fourth-order valence-corrected chi connectivity index (χ4v) is 1.54. The van der Waals surface area contributed by atoms with E-state index in [0.717, 1.165) is 5.56 Å². The highest BCUT2D eigenvalue weighted by atomic mass is 35.5. The lowest BCUT2D eigenvalue weighted by Crippen LogP contribution is -1.89. The molecule has 1 aromatic heterocycles. The number of ether oxygens (including phenoxy) is 1. The molecule has 0 atom stereocenters. The molecule has 2 rings (SSSR count). The number of benzene rings is 1. The highest BCUT2D eigenvalue weighted by Crippen LogP contribution is 2.30. The number of hydrogen-bond donors (Lipinski definition) is 1. The van der Waals surface area contributed by atoms with Crippen molar-refractivity contribution in [3.63, 3.8) is 0 Å². The molecule has 0 aliphatic rings. The average molecular weight is 235 g/mol. The second kappa shape index (κ2) is 4.41. The zero-order valence-corrected chi connectivity index (χ0v) is 9.53. The maximum absolute atomic E-state index is 5.99. The van der Waals surface area contributed by atoms with Gasteiger partial charge in [-0.2, -0.15) is 0 Å². The Morgan fingerprint density at radius 3 is 2.75 bits per heavy atom. The molecule has 4 heteroatoms. The Morgan fingerprint density at radius 2 is 2.06 bits per heavy atom. The van der Waals surface area contributed by atoms with Crippen molar-refractivity contribution in [1.82, 2.24) is 4.98 Å². The molecule has 16 heavy (non-hydrogen) atoms. The molecule has 3 nitrogen and oxygen atoms in total. The van der Waals surface area contributed by atoms with Crippen LogP contribution in [-0.2, 0) is 0 Å². The van der Waals surface area contributed by atoms with Gasteiger partial charge in [0.1, 0.15) is 11.5 Å². The van der Waals surface area contributed by atoms with Gasteiger partial charge in [0.05, 0.1) is 11.2 Å². The molecule has 0 aliphatic carbocycles. The minimum Gasteiger partial charge on any atom is -0.454 e. The Kier molecular flexibility index (Phi) is 2.97. The third-order valence-corrected chi connectivity index (χ3v) is 2.33. The number of nitrogens with two attached hydrogens (primary N) is 1. The molecule has 0 amide bonds. The molecule has 0 saturated carbocycles. The molecular weight excluding hydrogens is 224 g/mol. The third kappa shape index (κ3) is 2.44. The Bertz CT molecular complexity index is 514. The number of nitrogens with zero attached hydrogens (tertiary/aromatic N) is 1. The highest BCUT2D eigenvalue weighted by Gasteiger charge is 2.03. The van der Waals surface area contributed by atoms with E-state index in [0.29, 0.717) is 22.2 Å². The summed E-state index contributed by atoms with van der Waals surface area (Å²) in [6.45, 7) is 1.95. The van der Waals surface area contributed by atoms with Crippen LogP contribution in [0.5, 0.6) is 11.5 Å². The van der Waals surface area contributed by atoms with Crippen molar-refractivity contribution in [3.05, 3.63) is 47.2 Å². The van der Waals surface area contributed by atoms with E-state index in [9.17, 15) is 0 Å². The van der Waals surface area contributed by atoms with E-state index in [1.54, 1.807) is 30.6 Å². The largest absolute Gasteiger partial charge is 0.454 e. The molecule has 0 radical (unpaired) electrons. The van der Waals surface area contributed by atoms with Crippen LogP contribution in [0.25, 0.3) is 0 Å². The SMILES string of the molecule is Cc1cncc(Oc2ccc(N)cc2Cl)c1. The Balaban J connectivity index is 2.27. The maximum atomic E-state index is 5.99. The Hall–Kier alpha value is -1.74. The monoisotopic (exact) mass is 234 g/mol. The standard InChI is InChI=1S/C12H11ClN2O/c1-8-4-10(7-15-6-8)16-12-3-2-9(14)5-11(12)13/h2-7H,14H2,1H3. The van der Waals surface area contributed by atoms with Crippen LogP contribution in [0.15, 0.2) is 36.7 Å². The van der Waals surface area contributed by atoms with Crippen molar-refractivity contribution in [3.8, 4) is 11.5 Å². The zero-order chi connectivity index (χ0) is 11.5. The van der Waals surface area contributed by atoms with E-state index in [4.69, 9.17) is 22.1 Å². The highest BCUT2D eigenvalue weighted by molar-refractivity contribution is 6.32. The number of pyridine rings is 1. The number of rotatable bonds is 2. The first kappa shape index (κ1) is 10.8. The zero-order valence-electron chi connectivity index (χ0n) is 8.77. The Morgan fingerprint density at radius 1 is 1.25 bits per heavy atom. The summed E-state index contributed by atoms with van der Waals surface area (Å²) in [6.07, 6.45) is 3.40. The minimum absolute atomic E-state index is 0.488. The normalized spacial score (nSPS) is 10.1. The van der Waals surface area contributed by atoms with Gasteiger partial charge in [0.2, 0.25) is 0 Å². The molecular formula is C12H11ClN2O. The van der Waals surface area contributed by atoms with Crippen molar-refractivity contribution >= 4 is 17.3 Å². The minimum atomic E-state index is 0.488. The number of hydrogen-bond acceptors (Lipinski definition) is 3. The maximum Gasteiger partial charge on any atom is 0.146 e. The molecule has 1 aromatic carbocycles. The summed E-state index contributed by atoms with van der Waals surface area (Å²) in [4.78, 5) is 4.03. The molecule has 0 saturated heterocycles. The number of nitrogen functional groups attached to an aromatic ring is 1. The molecule has 0 fully saturated rings. The van der Waals surface area contributed by atoms with E-state index in [2.05, 4.69) is 4.98 Å². The number of aromatic nitrogens is 1. The quantitative estimate of drug-likeness (QED) is 0.810. The fraction of sp³-hybridized carbons (Fsp3) is 0.0833. The van der Waals surface area contributed by atoms with Crippen LogP contribution in [0.1, 0.15) is 5.56 Å². The topological polar surface area (TPSA) is 48.1 Å². The van der Waals surface area contributed by atoms with Gasteiger partial charge in [-0.3, -0.25) is 4.98 Å². The van der Waals surface area contributed by atoms with Crippen LogP contribution in [-0.4, -0.2) is 4.98 Å². The molecule has 0 aliphatic heterocycles. The molecule has 2 aromatic rings. The van der Waals surface area contributed by atoms with Gasteiger partial charge in [0.25, 0.3) is 0 Å². The molecule has 0 unspecified atom stereocenters. The third-order valence-electron chi connectivity index (χ3n) is 2.03. The van der Waals surface area contributed by atoms with Gasteiger partial charge in [0.15, 0.2) is 0 Å². The summed E-state index contributed by atoms with van der Waals surface area (Å²) < 4.78 is 5.59. The van der Waals surface area contributed by atoms with Crippen LogP contribution < -0.4 is 10.5 Å². The van der Waals surface area contributed by atoms with Crippen molar-refractivity contribution in [1.29, 1.82) is 0 Å². The lowest BCUT2D eigenvalue weighted by Gasteiger charge is -2.07. The second-order valence-corrected chi connectivity index (χ2v) is 3.90. The molecule has 0 bridgehead atoms. The summed E-state index contributed by atoms with van der Waals surface area (Å²) in [5, 5.41) is 0.488. The van der Waals surface area contributed by atoms with Crippen LogP contribution in [0.3, 0.4) is 0 Å². The first-order valence-electron chi connectivity index (χ1n) is 4.80. The Labute approximate surface area is 98.8 Å². The van der Waals surface area contributed by atoms with E-state index in [1.165, 1.54) is 0 Å². The lowest BCUT2D eigenvalue weighted by molar-refractivity contribution is 0.480. The molecule has 82 valence electrons. The number of anilines is 1. The summed E-state index contributed by atoms with van der Waals surface area (Å²) in [7, 11) is 0. The summed E-state index contributed by atoms with van der Waals surface area (Å²) in [6, 6.07) is 7.02. The fourth-order valence-electron chi connectivity index (χ4n) is 1.31. The van der Waals surface area contributed by atoms with Crippen LogP contribution in [0, 0.1) is 6.92 Å². The predicted molar refractivity (Wildman–Crippen MR) is 64.9 cm³/mol. The second-order valence-electron chi connectivity index (χ2n) is 3.49. The lowest BCUT2D eigenvalue weighted by atomic mass is 10.3. The predicted octanol–water partition coefficient (Wildman–Crippen LogP) is 3.42. The average Bonchev–Trinajstić information content (AvgIpc) is 2.22. The van der Waals surface area contributed by atoms with Crippen molar-refractivity contribution in [2.75, 3.05) is 5.73 Å². The molecule has 0 spiro atoms. The van der Waals surface area contributed by atoms with Crippen molar-refractivity contribution in [2.45, 2.75) is 6.92 Å². The van der Waals surface area contributed by atoms with E-state index in [-0.39, 0.29) is 0 Å². The van der Waals surface area contributed by atoms with E-state index in [1.807, 2.05) is 13.0 Å². The summed E-state index contributed by atoms with van der Waals surface area (Å²) >= 11 is 5.99. The summed E-state index contributed by atoms with van der Waals surface area (Å²) in [5.41, 5.74) is 7.24. The van der Waals surface area contributed by atoms with Gasteiger partial charge >= 0.3 is 0 Å². The van der Waals surface area contributed by atoms with E-state index >= 15 is 0 Å². The van der Waals surface area contributed by atoms with E-state index < -0.39 is 0 Å². The van der Waals surface area contributed by atoms with Gasteiger partial charge in [-0.15, -0.1) is 0 Å². The van der Waals surface area contributed by atoms with Crippen molar-refractivity contribution in [2.24, 2.45) is 0 Å². The van der Waals surface area contributed by atoms with Gasteiger partial charge < -0.3 is 10.5 Å². The van der Waals surface area contributed by atoms with Gasteiger partial charge in [-0.1, -0.05) is 11.6 Å². The van der Waals surface area contributed by atoms with Crippen molar-refractivity contribution < 1.29 is 4.74 Å². The smallest absolute Gasteiger partial charge is 0.146 e. The van der Waals surface area contributed by atoms with Crippen LogP contribution in [0.2, 0.25) is 5.02 Å². The molecule has 2 N–H and O–H groups in total. The van der Waals surface area contributed by atoms with Gasteiger partial charge in [-0.25, -0.2) is 0 Å². The number of aryl methyl sites for hydroxylation is 1. The van der Waals surface area contributed by atoms with Crippen LogP contribution >= 0.6 is 11.6 Å². The van der Waals surface area contributed by atoms with Crippen LogP contribution in [0.4, 0.5) is 5.69 Å². The number of halogens is 1. The molecule has 1 heterocycles.